The maximum Gasteiger partial charge on any atom is 0.416 e. The lowest BCUT2D eigenvalue weighted by Crippen LogP contribution is -2.45. The Morgan fingerprint density at radius 3 is 2.46 bits per heavy atom. The van der Waals surface area contributed by atoms with E-state index in [2.05, 4.69) is 15.6 Å². The molecular weight excluding hydrogens is 469 g/mol. The molecule has 182 valence electrons. The molecule has 2 atom stereocenters. The summed E-state index contributed by atoms with van der Waals surface area (Å²) in [6.45, 7) is -0.723. The molecule has 2 unspecified atom stereocenters. The lowest BCUT2D eigenvalue weighted by atomic mass is 10.1. The molecule has 0 saturated carbocycles. The summed E-state index contributed by atoms with van der Waals surface area (Å²) in [5, 5.41) is 16.0. The number of halogens is 3. The van der Waals surface area contributed by atoms with Crippen LogP contribution in [0.25, 0.3) is 0 Å². The number of nitrogens with zero attached hydrogens (tertiary/aromatic N) is 3. The second kappa shape index (κ2) is 10.6. The topological polar surface area (TPSA) is 144 Å². The second-order valence-corrected chi connectivity index (χ2v) is 7.54. The number of aromatic nitrogens is 1. The van der Waals surface area contributed by atoms with Crippen LogP contribution in [0.4, 0.5) is 24.7 Å². The molecule has 0 bridgehead atoms. The SMILES string of the molecule is N#CC1CC(C(=O)Nc2ccccc2)CN1C(=O)CNC(=O)C(=O)Nc1cc(C(F)(F)F)ccn1. The van der Waals surface area contributed by atoms with E-state index < -0.39 is 53.8 Å². The van der Waals surface area contributed by atoms with E-state index in [0.29, 0.717) is 17.8 Å². The summed E-state index contributed by atoms with van der Waals surface area (Å²) in [7, 11) is 0. The lowest BCUT2D eigenvalue weighted by molar-refractivity contribution is -0.138. The molecule has 10 nitrogen and oxygen atoms in total. The Kier molecular flexibility index (Phi) is 7.65. The molecule has 4 amide bonds. The van der Waals surface area contributed by atoms with Crippen molar-refractivity contribution in [3.8, 4) is 6.07 Å². The third kappa shape index (κ3) is 6.53. The van der Waals surface area contributed by atoms with Crippen LogP contribution in [0.1, 0.15) is 12.0 Å². The number of para-hydroxylation sites is 1. The zero-order chi connectivity index (χ0) is 25.6. The number of anilines is 2. The second-order valence-electron chi connectivity index (χ2n) is 7.54. The van der Waals surface area contributed by atoms with E-state index in [0.717, 1.165) is 11.1 Å². The van der Waals surface area contributed by atoms with Gasteiger partial charge in [-0.05, 0) is 30.7 Å². The lowest BCUT2D eigenvalue weighted by Gasteiger charge is -2.19. The van der Waals surface area contributed by atoms with Crippen molar-refractivity contribution < 1.29 is 32.3 Å². The Labute approximate surface area is 197 Å². The highest BCUT2D eigenvalue weighted by atomic mass is 19.4. The molecule has 1 aliphatic heterocycles. The summed E-state index contributed by atoms with van der Waals surface area (Å²) >= 11 is 0. The highest BCUT2D eigenvalue weighted by molar-refractivity contribution is 6.39. The number of carbonyl (C=O) groups excluding carboxylic acids is 4. The van der Waals surface area contributed by atoms with Crippen molar-refractivity contribution in [3.05, 3.63) is 54.2 Å². The van der Waals surface area contributed by atoms with E-state index in [1.165, 1.54) is 0 Å². The Balaban J connectivity index is 1.53. The van der Waals surface area contributed by atoms with Crippen LogP contribution < -0.4 is 16.0 Å². The van der Waals surface area contributed by atoms with Crippen LogP contribution in [0.3, 0.4) is 0 Å². The quantitative estimate of drug-likeness (QED) is 0.545. The van der Waals surface area contributed by atoms with Crippen molar-refractivity contribution in [2.45, 2.75) is 18.6 Å². The molecule has 1 fully saturated rings. The minimum atomic E-state index is -4.67. The number of pyridine rings is 1. The third-order valence-corrected chi connectivity index (χ3v) is 5.12. The Morgan fingerprint density at radius 2 is 1.80 bits per heavy atom. The molecule has 35 heavy (non-hydrogen) atoms. The molecule has 1 aromatic heterocycles. The van der Waals surface area contributed by atoms with Crippen LogP contribution >= 0.6 is 0 Å². The molecule has 13 heteroatoms. The van der Waals surface area contributed by atoms with Gasteiger partial charge in [0.15, 0.2) is 0 Å². The molecule has 0 radical (unpaired) electrons. The van der Waals surface area contributed by atoms with Crippen molar-refractivity contribution in [1.82, 2.24) is 15.2 Å². The summed E-state index contributed by atoms with van der Waals surface area (Å²) in [4.78, 5) is 53.7. The highest BCUT2D eigenvalue weighted by Crippen LogP contribution is 2.30. The van der Waals surface area contributed by atoms with Gasteiger partial charge >= 0.3 is 18.0 Å². The monoisotopic (exact) mass is 488 g/mol. The van der Waals surface area contributed by atoms with E-state index in [-0.39, 0.29) is 18.9 Å². The predicted octanol–water partition coefficient (Wildman–Crippen LogP) is 1.53. The summed E-state index contributed by atoms with van der Waals surface area (Å²) in [6.07, 6.45) is -3.75. The zero-order valence-corrected chi connectivity index (χ0v) is 18.0. The van der Waals surface area contributed by atoms with Gasteiger partial charge in [0.1, 0.15) is 11.9 Å². The van der Waals surface area contributed by atoms with E-state index in [9.17, 15) is 37.6 Å². The van der Waals surface area contributed by atoms with E-state index in [1.807, 2.05) is 11.4 Å². The van der Waals surface area contributed by atoms with E-state index in [4.69, 9.17) is 0 Å². The molecule has 0 spiro atoms. The number of nitriles is 1. The normalized spacial score (nSPS) is 17.3. The average Bonchev–Trinajstić information content (AvgIpc) is 3.27. The molecule has 2 heterocycles. The maximum absolute atomic E-state index is 12.8. The first-order chi connectivity index (χ1) is 16.6. The number of nitrogens with one attached hydrogen (secondary N) is 3. The van der Waals surface area contributed by atoms with Crippen LogP contribution in [0.15, 0.2) is 48.7 Å². The fourth-order valence-electron chi connectivity index (χ4n) is 3.38. The van der Waals surface area contributed by atoms with Crippen molar-refractivity contribution in [2.24, 2.45) is 5.92 Å². The summed E-state index contributed by atoms with van der Waals surface area (Å²) in [5.41, 5.74) is -0.509. The number of alkyl halides is 3. The Hall–Kier alpha value is -4.47. The van der Waals surface area contributed by atoms with Crippen molar-refractivity contribution >= 4 is 35.1 Å². The van der Waals surface area contributed by atoms with Crippen molar-refractivity contribution in [2.75, 3.05) is 23.7 Å². The van der Waals surface area contributed by atoms with Gasteiger partial charge in [-0.15, -0.1) is 0 Å². The van der Waals surface area contributed by atoms with Crippen LogP contribution in [-0.2, 0) is 25.4 Å². The van der Waals surface area contributed by atoms with Gasteiger partial charge in [0.05, 0.1) is 24.1 Å². The minimum absolute atomic E-state index is 0.0635. The molecular formula is C22H19F3N6O4. The minimum Gasteiger partial charge on any atom is -0.339 e. The maximum atomic E-state index is 12.8. The van der Waals surface area contributed by atoms with Gasteiger partial charge in [-0.2, -0.15) is 18.4 Å². The standard InChI is InChI=1S/C22H19F3N6O4/c23-22(24,25)14-6-7-27-17(9-14)30-21(35)20(34)28-11-18(32)31-12-13(8-16(31)10-26)19(33)29-15-4-2-1-3-5-15/h1-7,9,13,16H,8,11-12H2,(H,28,34)(H,29,33)(H,27,30,35). The molecule has 1 aliphatic rings. The zero-order valence-electron chi connectivity index (χ0n) is 18.0. The fraction of sp³-hybridized carbons (Fsp3) is 0.273. The highest BCUT2D eigenvalue weighted by Gasteiger charge is 2.39. The third-order valence-electron chi connectivity index (χ3n) is 5.12. The molecule has 3 rings (SSSR count). The van der Waals surface area contributed by atoms with E-state index in [1.54, 1.807) is 30.3 Å². The van der Waals surface area contributed by atoms with Gasteiger partial charge in [0.2, 0.25) is 11.8 Å². The number of likely N-dealkylation sites (tertiary alicyclic amines) is 1. The summed E-state index contributed by atoms with van der Waals surface area (Å²) < 4.78 is 38.3. The van der Waals surface area contributed by atoms with Crippen molar-refractivity contribution in [1.29, 1.82) is 5.26 Å². The summed E-state index contributed by atoms with van der Waals surface area (Å²) in [5.74, 6) is -4.85. The Morgan fingerprint density at radius 1 is 1.09 bits per heavy atom. The van der Waals surface area contributed by atoms with Gasteiger partial charge < -0.3 is 20.9 Å². The number of carbonyl (C=O) groups is 4. The number of hydrogen-bond acceptors (Lipinski definition) is 6. The van der Waals surface area contributed by atoms with Gasteiger partial charge in [-0.25, -0.2) is 4.98 Å². The Bertz CT molecular complexity index is 1170. The van der Waals surface area contributed by atoms with Gasteiger partial charge in [-0.1, -0.05) is 18.2 Å². The van der Waals surface area contributed by atoms with Crippen molar-refractivity contribution in [3.63, 3.8) is 0 Å². The molecule has 0 aliphatic carbocycles. The largest absolute Gasteiger partial charge is 0.416 e. The number of amides is 4. The predicted molar refractivity (Wildman–Crippen MR) is 115 cm³/mol. The first kappa shape index (κ1) is 25.2. The van der Waals surface area contributed by atoms with Gasteiger partial charge in [0.25, 0.3) is 0 Å². The first-order valence-electron chi connectivity index (χ1n) is 10.3. The fourth-order valence-corrected chi connectivity index (χ4v) is 3.38. The molecule has 1 saturated heterocycles. The molecule has 1 aromatic carbocycles. The average molecular weight is 488 g/mol. The smallest absolute Gasteiger partial charge is 0.339 e. The number of benzene rings is 1. The number of hydrogen-bond donors (Lipinski definition) is 3. The van der Waals surface area contributed by atoms with Crippen LogP contribution in [0.2, 0.25) is 0 Å². The molecule has 3 N–H and O–H groups in total. The van der Waals surface area contributed by atoms with Crippen LogP contribution in [0, 0.1) is 17.2 Å². The van der Waals surface area contributed by atoms with Gasteiger partial charge in [-0.3, -0.25) is 19.2 Å². The first-order valence-corrected chi connectivity index (χ1v) is 10.3. The molecule has 2 aromatic rings. The van der Waals surface area contributed by atoms with E-state index >= 15 is 0 Å². The summed E-state index contributed by atoms with van der Waals surface area (Å²) in [6, 6.07) is 10.9. The van der Waals surface area contributed by atoms with Crippen LogP contribution in [0.5, 0.6) is 0 Å². The number of rotatable bonds is 5. The van der Waals surface area contributed by atoms with Crippen LogP contribution in [-0.4, -0.2) is 52.6 Å². The van der Waals surface area contributed by atoms with Gasteiger partial charge in [0, 0.05) is 18.4 Å².